The highest BCUT2D eigenvalue weighted by Gasteiger charge is 2.27. The molecule has 9 heteroatoms. The van der Waals surface area contributed by atoms with E-state index in [4.69, 9.17) is 21.1 Å². The Balaban J connectivity index is 1.92. The molecule has 0 spiro atoms. The fourth-order valence-electron chi connectivity index (χ4n) is 3.22. The van der Waals surface area contributed by atoms with Crippen LogP contribution in [0.5, 0.6) is 11.5 Å². The zero-order chi connectivity index (χ0) is 24.0. The maximum atomic E-state index is 13.4. The molecular weight excluding hydrogens is 464 g/mol. The second kappa shape index (κ2) is 10.7. The van der Waals surface area contributed by atoms with Gasteiger partial charge in [0.15, 0.2) is 0 Å². The number of anilines is 1. The molecule has 0 aliphatic carbocycles. The summed E-state index contributed by atoms with van der Waals surface area (Å²) in [4.78, 5) is 13.0. The summed E-state index contributed by atoms with van der Waals surface area (Å²) in [6.07, 6.45) is 0. The van der Waals surface area contributed by atoms with Gasteiger partial charge in [0, 0.05) is 17.6 Å². The van der Waals surface area contributed by atoms with Crippen molar-refractivity contribution in [3.8, 4) is 11.5 Å². The van der Waals surface area contributed by atoms with Crippen molar-refractivity contribution in [3.05, 3.63) is 82.9 Å². The predicted molar refractivity (Wildman–Crippen MR) is 128 cm³/mol. The van der Waals surface area contributed by atoms with Gasteiger partial charge in [0.2, 0.25) is 15.9 Å². The average Bonchev–Trinajstić information content (AvgIpc) is 2.80. The number of carbonyl (C=O) groups is 1. The zero-order valence-corrected chi connectivity index (χ0v) is 20.1. The van der Waals surface area contributed by atoms with Crippen molar-refractivity contribution in [2.24, 2.45) is 0 Å². The molecule has 3 aromatic rings. The summed E-state index contributed by atoms with van der Waals surface area (Å²) in [6, 6.07) is 18.2. The normalized spacial score (nSPS) is 11.3. The first-order valence-corrected chi connectivity index (χ1v) is 11.9. The molecule has 0 unspecified atom stereocenters. The van der Waals surface area contributed by atoms with E-state index in [0.29, 0.717) is 22.2 Å². The number of benzene rings is 3. The van der Waals surface area contributed by atoms with E-state index in [9.17, 15) is 13.2 Å². The molecule has 0 aromatic heterocycles. The predicted octanol–water partition coefficient (Wildman–Crippen LogP) is 4.50. The minimum absolute atomic E-state index is 0.0281. The first-order valence-electron chi connectivity index (χ1n) is 10.1. The number of amides is 1. The summed E-state index contributed by atoms with van der Waals surface area (Å²) in [7, 11) is -1.00. The number of nitrogens with zero attached hydrogens (tertiary/aromatic N) is 1. The van der Waals surface area contributed by atoms with E-state index in [1.807, 2.05) is 31.2 Å². The van der Waals surface area contributed by atoms with E-state index in [2.05, 4.69) is 5.32 Å². The standard InChI is InChI=1S/C24H25ClN2O5S/c1-17-6-4-5-7-18(17)15-27(33(29,30)21-11-8-19(25)9-12-21)16-24(28)26-22-14-20(31-2)10-13-23(22)32-3/h4-14H,15-16H2,1-3H3,(H,26,28). The Morgan fingerprint density at radius 1 is 1.00 bits per heavy atom. The lowest BCUT2D eigenvalue weighted by atomic mass is 10.1. The molecule has 0 aliphatic heterocycles. The lowest BCUT2D eigenvalue weighted by Crippen LogP contribution is -2.37. The van der Waals surface area contributed by atoms with Gasteiger partial charge in [0.05, 0.1) is 31.3 Å². The van der Waals surface area contributed by atoms with Gasteiger partial charge in [0.1, 0.15) is 11.5 Å². The Bertz CT molecular complexity index is 1230. The SMILES string of the molecule is COc1ccc(OC)c(NC(=O)CN(Cc2ccccc2C)S(=O)(=O)c2ccc(Cl)cc2)c1. The number of methoxy groups -OCH3 is 2. The zero-order valence-electron chi connectivity index (χ0n) is 18.5. The Morgan fingerprint density at radius 2 is 1.70 bits per heavy atom. The third-order valence-corrected chi connectivity index (χ3v) is 7.12. The van der Waals surface area contributed by atoms with Crippen LogP contribution in [0.25, 0.3) is 0 Å². The lowest BCUT2D eigenvalue weighted by Gasteiger charge is -2.23. The molecule has 0 saturated heterocycles. The smallest absolute Gasteiger partial charge is 0.243 e. The van der Waals surface area contributed by atoms with E-state index in [-0.39, 0.29) is 11.4 Å². The molecule has 0 atom stereocenters. The highest BCUT2D eigenvalue weighted by molar-refractivity contribution is 7.89. The Hall–Kier alpha value is -3.07. The summed E-state index contributed by atoms with van der Waals surface area (Å²) in [6.45, 7) is 1.52. The van der Waals surface area contributed by atoms with E-state index in [1.54, 1.807) is 18.2 Å². The van der Waals surface area contributed by atoms with Crippen LogP contribution in [0.15, 0.2) is 71.6 Å². The number of halogens is 1. The van der Waals surface area contributed by atoms with Crippen LogP contribution >= 0.6 is 11.6 Å². The quantitative estimate of drug-likeness (QED) is 0.479. The van der Waals surface area contributed by atoms with Crippen LogP contribution in [0, 0.1) is 6.92 Å². The van der Waals surface area contributed by atoms with E-state index in [1.165, 1.54) is 38.5 Å². The molecule has 0 aliphatic rings. The van der Waals surface area contributed by atoms with Crippen LogP contribution < -0.4 is 14.8 Å². The topological polar surface area (TPSA) is 84.9 Å². The number of ether oxygens (including phenoxy) is 2. The molecule has 0 heterocycles. The minimum Gasteiger partial charge on any atom is -0.497 e. The minimum atomic E-state index is -3.99. The van der Waals surface area contributed by atoms with Gasteiger partial charge in [-0.3, -0.25) is 4.79 Å². The van der Waals surface area contributed by atoms with Gasteiger partial charge in [-0.15, -0.1) is 0 Å². The second-order valence-corrected chi connectivity index (χ2v) is 9.64. The maximum absolute atomic E-state index is 13.4. The fourth-order valence-corrected chi connectivity index (χ4v) is 4.72. The lowest BCUT2D eigenvalue weighted by molar-refractivity contribution is -0.116. The fraction of sp³-hybridized carbons (Fsp3) is 0.208. The molecule has 0 fully saturated rings. The average molecular weight is 489 g/mol. The van der Waals surface area contributed by atoms with Crippen LogP contribution in [0.1, 0.15) is 11.1 Å². The van der Waals surface area contributed by atoms with E-state index in [0.717, 1.165) is 15.4 Å². The number of hydrogen-bond acceptors (Lipinski definition) is 5. The number of rotatable bonds is 9. The maximum Gasteiger partial charge on any atom is 0.243 e. The molecule has 33 heavy (non-hydrogen) atoms. The summed E-state index contributed by atoms with van der Waals surface area (Å²) in [5.74, 6) is 0.430. The third kappa shape index (κ3) is 6.04. The number of carbonyl (C=O) groups excluding carboxylic acids is 1. The number of aryl methyl sites for hydroxylation is 1. The Labute approximate surface area is 198 Å². The Kier molecular flexibility index (Phi) is 7.97. The first-order chi connectivity index (χ1) is 15.7. The molecular formula is C24H25ClN2O5S. The third-order valence-electron chi connectivity index (χ3n) is 5.06. The van der Waals surface area contributed by atoms with Crippen molar-refractivity contribution in [3.63, 3.8) is 0 Å². The summed E-state index contributed by atoms with van der Waals surface area (Å²) < 4.78 is 38.5. The van der Waals surface area contributed by atoms with E-state index >= 15 is 0 Å². The van der Waals surface area contributed by atoms with Crippen LogP contribution in [0.4, 0.5) is 5.69 Å². The molecule has 0 radical (unpaired) electrons. The number of nitrogens with one attached hydrogen (secondary N) is 1. The van der Waals surface area contributed by atoms with Crippen LogP contribution in [0.2, 0.25) is 5.02 Å². The van der Waals surface area contributed by atoms with Gasteiger partial charge in [-0.05, 0) is 54.4 Å². The van der Waals surface area contributed by atoms with Crippen molar-refractivity contribution < 1.29 is 22.7 Å². The summed E-state index contributed by atoms with van der Waals surface area (Å²) >= 11 is 5.93. The molecule has 1 amide bonds. The van der Waals surface area contributed by atoms with Gasteiger partial charge >= 0.3 is 0 Å². The first kappa shape index (κ1) is 24.6. The van der Waals surface area contributed by atoms with Gasteiger partial charge in [-0.2, -0.15) is 4.31 Å². The summed E-state index contributed by atoms with van der Waals surface area (Å²) in [5.41, 5.74) is 2.09. The van der Waals surface area contributed by atoms with Gasteiger partial charge in [0.25, 0.3) is 0 Å². The van der Waals surface area contributed by atoms with Crippen molar-refractivity contribution in [1.82, 2.24) is 4.31 Å². The molecule has 7 nitrogen and oxygen atoms in total. The van der Waals surface area contributed by atoms with Gasteiger partial charge in [-0.1, -0.05) is 35.9 Å². The van der Waals surface area contributed by atoms with Gasteiger partial charge < -0.3 is 14.8 Å². The number of sulfonamides is 1. The van der Waals surface area contributed by atoms with Crippen molar-refractivity contribution in [2.45, 2.75) is 18.4 Å². The molecule has 0 saturated carbocycles. The molecule has 3 aromatic carbocycles. The van der Waals surface area contributed by atoms with Crippen LogP contribution in [-0.2, 0) is 21.4 Å². The molecule has 3 rings (SSSR count). The van der Waals surface area contributed by atoms with Crippen molar-refractivity contribution >= 4 is 33.2 Å². The molecule has 0 bridgehead atoms. The molecule has 1 N–H and O–H groups in total. The summed E-state index contributed by atoms with van der Waals surface area (Å²) in [5, 5.41) is 3.15. The highest BCUT2D eigenvalue weighted by atomic mass is 35.5. The second-order valence-electron chi connectivity index (χ2n) is 7.27. The largest absolute Gasteiger partial charge is 0.497 e. The number of hydrogen-bond donors (Lipinski definition) is 1. The van der Waals surface area contributed by atoms with E-state index < -0.39 is 22.5 Å². The highest BCUT2D eigenvalue weighted by Crippen LogP contribution is 2.29. The van der Waals surface area contributed by atoms with Crippen LogP contribution in [0.3, 0.4) is 0 Å². The molecule has 174 valence electrons. The van der Waals surface area contributed by atoms with Crippen molar-refractivity contribution in [1.29, 1.82) is 0 Å². The monoisotopic (exact) mass is 488 g/mol. The van der Waals surface area contributed by atoms with Crippen LogP contribution in [-0.4, -0.2) is 39.4 Å². The van der Waals surface area contributed by atoms with Gasteiger partial charge in [-0.25, -0.2) is 8.42 Å². The Morgan fingerprint density at radius 3 is 2.33 bits per heavy atom. The van der Waals surface area contributed by atoms with Crippen molar-refractivity contribution in [2.75, 3.05) is 26.1 Å².